The lowest BCUT2D eigenvalue weighted by atomic mass is 10.1. The summed E-state index contributed by atoms with van der Waals surface area (Å²) in [6.45, 7) is 4.24. The smallest absolute Gasteiger partial charge is 0.396 e. The van der Waals surface area contributed by atoms with Crippen molar-refractivity contribution in [2.75, 3.05) is 20.8 Å². The molecule has 0 radical (unpaired) electrons. The van der Waals surface area contributed by atoms with Crippen LogP contribution in [0.15, 0.2) is 0 Å². The predicted molar refractivity (Wildman–Crippen MR) is 50.7 cm³/mol. The second-order valence-electron chi connectivity index (χ2n) is 3.27. The van der Waals surface area contributed by atoms with Gasteiger partial charge in [0.25, 0.3) is 0 Å². The first kappa shape index (κ1) is 12.9. The molecule has 0 rings (SSSR count). The molecule has 5 nitrogen and oxygen atoms in total. The molecule has 14 heavy (non-hydrogen) atoms. The molecule has 0 aliphatic heterocycles. The van der Waals surface area contributed by atoms with Crippen molar-refractivity contribution in [1.29, 1.82) is 0 Å². The van der Waals surface area contributed by atoms with Crippen molar-refractivity contribution in [2.24, 2.45) is 5.92 Å². The van der Waals surface area contributed by atoms with Crippen molar-refractivity contribution in [1.82, 2.24) is 5.32 Å². The van der Waals surface area contributed by atoms with E-state index in [-0.39, 0.29) is 12.0 Å². The average Bonchev–Trinajstić information content (AvgIpc) is 2.15. The van der Waals surface area contributed by atoms with E-state index in [0.29, 0.717) is 6.61 Å². The Hall–Kier alpha value is -1.10. The molecule has 1 amide bonds. The summed E-state index contributed by atoms with van der Waals surface area (Å²) in [5, 5.41) is 2.53. The van der Waals surface area contributed by atoms with Gasteiger partial charge in [0, 0.05) is 7.11 Å². The molecule has 0 bridgehead atoms. The maximum absolute atomic E-state index is 11.1. The van der Waals surface area contributed by atoms with Crippen LogP contribution in [0.3, 0.4) is 0 Å². The van der Waals surface area contributed by atoms with Gasteiger partial charge < -0.3 is 14.8 Å². The molecule has 0 aromatic rings. The molecule has 1 N–H and O–H groups in total. The zero-order chi connectivity index (χ0) is 11.1. The molecular weight excluding hydrogens is 186 g/mol. The molecule has 0 spiro atoms. The number of hydrogen-bond acceptors (Lipinski definition) is 4. The number of amides is 1. The van der Waals surface area contributed by atoms with Crippen LogP contribution >= 0.6 is 0 Å². The van der Waals surface area contributed by atoms with Gasteiger partial charge >= 0.3 is 11.9 Å². The quantitative estimate of drug-likeness (QED) is 0.514. The van der Waals surface area contributed by atoms with E-state index < -0.39 is 11.9 Å². The molecule has 0 aliphatic rings. The summed E-state index contributed by atoms with van der Waals surface area (Å²) >= 11 is 0. The third-order valence-electron chi connectivity index (χ3n) is 1.84. The number of hydrogen-bond donors (Lipinski definition) is 1. The van der Waals surface area contributed by atoms with Crippen molar-refractivity contribution >= 4 is 11.9 Å². The second-order valence-corrected chi connectivity index (χ2v) is 3.27. The van der Waals surface area contributed by atoms with Crippen molar-refractivity contribution < 1.29 is 19.1 Å². The average molecular weight is 203 g/mol. The SMILES string of the molecule is COCC(NC(=O)C(=O)OC)C(C)C. The topological polar surface area (TPSA) is 64.6 Å². The summed E-state index contributed by atoms with van der Waals surface area (Å²) < 4.78 is 9.19. The molecule has 0 saturated carbocycles. The number of esters is 1. The van der Waals surface area contributed by atoms with Gasteiger partial charge in [-0.2, -0.15) is 0 Å². The van der Waals surface area contributed by atoms with E-state index in [1.54, 1.807) is 7.11 Å². The van der Waals surface area contributed by atoms with Crippen LogP contribution in [0, 0.1) is 5.92 Å². The van der Waals surface area contributed by atoms with Crippen LogP contribution in [-0.4, -0.2) is 38.7 Å². The first-order valence-corrected chi connectivity index (χ1v) is 4.40. The highest BCUT2D eigenvalue weighted by molar-refractivity contribution is 6.32. The number of carbonyl (C=O) groups is 2. The Bertz CT molecular complexity index is 203. The highest BCUT2D eigenvalue weighted by Gasteiger charge is 2.20. The molecule has 0 aromatic heterocycles. The lowest BCUT2D eigenvalue weighted by molar-refractivity contribution is -0.153. The van der Waals surface area contributed by atoms with Gasteiger partial charge in [-0.05, 0) is 5.92 Å². The number of ether oxygens (including phenoxy) is 2. The van der Waals surface area contributed by atoms with E-state index in [9.17, 15) is 9.59 Å². The van der Waals surface area contributed by atoms with Crippen molar-refractivity contribution in [2.45, 2.75) is 19.9 Å². The summed E-state index contributed by atoms with van der Waals surface area (Å²) in [7, 11) is 2.71. The van der Waals surface area contributed by atoms with E-state index in [4.69, 9.17) is 4.74 Å². The van der Waals surface area contributed by atoms with Crippen molar-refractivity contribution in [3.8, 4) is 0 Å². The molecule has 5 heteroatoms. The first-order chi connectivity index (χ1) is 6.52. The Balaban J connectivity index is 4.15. The standard InChI is InChI=1S/C9H17NO4/c1-6(2)7(5-13-3)10-8(11)9(12)14-4/h6-7H,5H2,1-4H3,(H,10,11). The minimum atomic E-state index is -0.883. The third kappa shape index (κ3) is 4.23. The van der Waals surface area contributed by atoms with E-state index in [1.165, 1.54) is 7.11 Å². The molecule has 0 saturated heterocycles. The van der Waals surface area contributed by atoms with Gasteiger partial charge in [-0.15, -0.1) is 0 Å². The molecule has 0 aromatic carbocycles. The number of carbonyl (C=O) groups excluding carboxylic acids is 2. The molecule has 1 unspecified atom stereocenters. The Labute approximate surface area is 83.8 Å². The van der Waals surface area contributed by atoms with Gasteiger partial charge in [0.2, 0.25) is 0 Å². The summed E-state index contributed by atoms with van der Waals surface area (Å²) in [5.41, 5.74) is 0. The summed E-state index contributed by atoms with van der Waals surface area (Å²) in [4.78, 5) is 21.9. The van der Waals surface area contributed by atoms with E-state index in [0.717, 1.165) is 0 Å². The van der Waals surface area contributed by atoms with E-state index >= 15 is 0 Å². The predicted octanol–water partition coefficient (Wildman–Crippen LogP) is -0.0534. The molecule has 1 atom stereocenters. The fourth-order valence-corrected chi connectivity index (χ4v) is 0.900. The highest BCUT2D eigenvalue weighted by Crippen LogP contribution is 2.01. The summed E-state index contributed by atoms with van der Waals surface area (Å²) in [6, 6.07) is -0.174. The van der Waals surface area contributed by atoms with Crippen LogP contribution in [-0.2, 0) is 19.1 Å². The Morgan fingerprint density at radius 1 is 1.29 bits per heavy atom. The summed E-state index contributed by atoms with van der Waals surface area (Å²) in [6.07, 6.45) is 0. The van der Waals surface area contributed by atoms with Gasteiger partial charge in [-0.3, -0.25) is 4.79 Å². The number of rotatable bonds is 4. The number of nitrogens with one attached hydrogen (secondary N) is 1. The van der Waals surface area contributed by atoms with Crippen LogP contribution in [0.5, 0.6) is 0 Å². The number of methoxy groups -OCH3 is 2. The Morgan fingerprint density at radius 2 is 1.86 bits per heavy atom. The molecule has 0 fully saturated rings. The Kier molecular flexibility index (Phi) is 5.87. The van der Waals surface area contributed by atoms with E-state index in [1.807, 2.05) is 13.8 Å². The molecule has 0 heterocycles. The van der Waals surface area contributed by atoms with Crippen LogP contribution in [0.4, 0.5) is 0 Å². The van der Waals surface area contributed by atoms with Gasteiger partial charge in [0.05, 0.1) is 19.8 Å². The fourth-order valence-electron chi connectivity index (χ4n) is 0.900. The molecular formula is C9H17NO4. The zero-order valence-electron chi connectivity index (χ0n) is 8.99. The summed E-state index contributed by atoms with van der Waals surface area (Å²) in [5.74, 6) is -1.42. The van der Waals surface area contributed by atoms with Gasteiger partial charge in [0.15, 0.2) is 0 Å². The fraction of sp³-hybridized carbons (Fsp3) is 0.778. The van der Waals surface area contributed by atoms with Crippen LogP contribution in [0.1, 0.15) is 13.8 Å². The lowest BCUT2D eigenvalue weighted by Crippen LogP contribution is -2.45. The molecule has 82 valence electrons. The third-order valence-corrected chi connectivity index (χ3v) is 1.84. The first-order valence-electron chi connectivity index (χ1n) is 4.40. The maximum Gasteiger partial charge on any atom is 0.396 e. The van der Waals surface area contributed by atoms with Crippen LogP contribution in [0.2, 0.25) is 0 Å². The van der Waals surface area contributed by atoms with Crippen LogP contribution < -0.4 is 5.32 Å². The maximum atomic E-state index is 11.1. The lowest BCUT2D eigenvalue weighted by Gasteiger charge is -2.20. The van der Waals surface area contributed by atoms with Gasteiger partial charge in [0.1, 0.15) is 0 Å². The monoisotopic (exact) mass is 203 g/mol. The normalized spacial score (nSPS) is 12.4. The van der Waals surface area contributed by atoms with E-state index in [2.05, 4.69) is 10.1 Å². The van der Waals surface area contributed by atoms with Gasteiger partial charge in [-0.1, -0.05) is 13.8 Å². The zero-order valence-corrected chi connectivity index (χ0v) is 8.99. The van der Waals surface area contributed by atoms with Crippen molar-refractivity contribution in [3.05, 3.63) is 0 Å². The molecule has 0 aliphatic carbocycles. The largest absolute Gasteiger partial charge is 0.462 e. The minimum absolute atomic E-state index is 0.174. The minimum Gasteiger partial charge on any atom is -0.462 e. The van der Waals surface area contributed by atoms with Gasteiger partial charge in [-0.25, -0.2) is 4.79 Å². The van der Waals surface area contributed by atoms with Crippen LogP contribution in [0.25, 0.3) is 0 Å². The van der Waals surface area contributed by atoms with Crippen molar-refractivity contribution in [3.63, 3.8) is 0 Å². The Morgan fingerprint density at radius 3 is 2.21 bits per heavy atom. The highest BCUT2D eigenvalue weighted by atomic mass is 16.5. The second kappa shape index (κ2) is 6.37.